The molecule has 0 aliphatic carbocycles. The van der Waals surface area contributed by atoms with Crippen LogP contribution >= 0.6 is 0 Å². The number of hydrogen-bond acceptors (Lipinski definition) is 4. The molecule has 0 aromatic carbocycles. The summed E-state index contributed by atoms with van der Waals surface area (Å²) in [4.78, 5) is 22.6. The van der Waals surface area contributed by atoms with Crippen LogP contribution in [0.1, 0.15) is 71.6 Å². The summed E-state index contributed by atoms with van der Waals surface area (Å²) in [6.45, 7) is 3.86. The van der Waals surface area contributed by atoms with Gasteiger partial charge in [0.2, 0.25) is 0 Å². The molecule has 0 fully saturated rings. The zero-order valence-corrected chi connectivity index (χ0v) is 12.7. The molecule has 1 heterocycles. The lowest BCUT2D eigenvalue weighted by Gasteiger charge is -2.09. The molecule has 0 saturated carbocycles. The Morgan fingerprint density at radius 2 is 1.75 bits per heavy atom. The summed E-state index contributed by atoms with van der Waals surface area (Å²) in [7, 11) is 0. The molecule has 1 atom stereocenters. The highest BCUT2D eigenvalue weighted by molar-refractivity contribution is 5.90. The Hall–Kier alpha value is -1.32. The van der Waals surface area contributed by atoms with Crippen LogP contribution in [-0.4, -0.2) is 18.2 Å². The molecule has 0 radical (unpaired) electrons. The van der Waals surface area contributed by atoms with Gasteiger partial charge in [-0.25, -0.2) is 4.79 Å². The lowest BCUT2D eigenvalue weighted by Crippen LogP contribution is -2.17. The third kappa shape index (κ3) is 6.73. The molecular weight excluding hydrogens is 256 g/mol. The van der Waals surface area contributed by atoms with Crippen LogP contribution in [0.4, 0.5) is 0 Å². The van der Waals surface area contributed by atoms with E-state index in [1.165, 1.54) is 44.6 Å². The molecule has 0 amide bonds. The standard InChI is InChI=1S/C16H26O4/c1-3-4-5-6-7-8-9-10-11-14(17)19-15-12-13(2)16(18)20-15/h12,15H,3-11H2,1-2H3/t15-/m0/s1. The monoisotopic (exact) mass is 282 g/mol. The average molecular weight is 282 g/mol. The Labute approximate surface area is 121 Å². The van der Waals surface area contributed by atoms with Gasteiger partial charge in [-0.1, -0.05) is 51.9 Å². The van der Waals surface area contributed by atoms with Crippen molar-refractivity contribution in [2.45, 2.75) is 77.9 Å². The van der Waals surface area contributed by atoms with E-state index in [-0.39, 0.29) is 5.97 Å². The second-order valence-corrected chi connectivity index (χ2v) is 5.34. The molecular formula is C16H26O4. The summed E-state index contributed by atoms with van der Waals surface area (Å²) in [5.74, 6) is -0.699. The number of ether oxygens (including phenoxy) is 2. The highest BCUT2D eigenvalue weighted by atomic mass is 16.7. The zero-order chi connectivity index (χ0) is 14.8. The minimum absolute atomic E-state index is 0.292. The van der Waals surface area contributed by atoms with Gasteiger partial charge in [0.05, 0.1) is 0 Å². The second kappa shape index (κ2) is 9.56. The van der Waals surface area contributed by atoms with Gasteiger partial charge in [0.15, 0.2) is 0 Å². The molecule has 20 heavy (non-hydrogen) atoms. The predicted molar refractivity (Wildman–Crippen MR) is 77.0 cm³/mol. The maximum Gasteiger partial charge on any atom is 0.337 e. The number of rotatable bonds is 10. The summed E-state index contributed by atoms with van der Waals surface area (Å²) in [6.07, 6.45) is 10.6. The van der Waals surface area contributed by atoms with Crippen molar-refractivity contribution >= 4 is 11.9 Å². The first-order valence-corrected chi connectivity index (χ1v) is 7.72. The van der Waals surface area contributed by atoms with E-state index in [0.717, 1.165) is 12.8 Å². The van der Waals surface area contributed by atoms with Crippen molar-refractivity contribution in [3.05, 3.63) is 11.6 Å². The second-order valence-electron chi connectivity index (χ2n) is 5.34. The van der Waals surface area contributed by atoms with Gasteiger partial charge >= 0.3 is 11.9 Å². The Balaban J connectivity index is 1.97. The Kier molecular flexibility index (Phi) is 8.00. The van der Waals surface area contributed by atoms with Crippen LogP contribution < -0.4 is 0 Å². The van der Waals surface area contributed by atoms with E-state index in [2.05, 4.69) is 6.92 Å². The number of unbranched alkanes of at least 4 members (excludes halogenated alkanes) is 7. The van der Waals surface area contributed by atoms with E-state index < -0.39 is 12.3 Å². The maximum absolute atomic E-state index is 11.5. The first-order valence-electron chi connectivity index (χ1n) is 7.72. The van der Waals surface area contributed by atoms with E-state index in [1.54, 1.807) is 6.92 Å². The molecule has 0 aromatic heterocycles. The van der Waals surface area contributed by atoms with Crippen LogP contribution in [0.3, 0.4) is 0 Å². The molecule has 0 saturated heterocycles. The highest BCUT2D eigenvalue weighted by Gasteiger charge is 2.24. The summed E-state index contributed by atoms with van der Waals surface area (Å²) < 4.78 is 9.91. The first-order chi connectivity index (χ1) is 9.63. The van der Waals surface area contributed by atoms with Crippen LogP contribution in [-0.2, 0) is 19.1 Å². The SMILES string of the molecule is CCCCCCCCCCC(=O)O[C@@H]1C=C(C)C(=O)O1. The molecule has 0 N–H and O–H groups in total. The van der Waals surface area contributed by atoms with Crippen molar-refractivity contribution in [1.82, 2.24) is 0 Å². The minimum atomic E-state index is -0.816. The lowest BCUT2D eigenvalue weighted by molar-refractivity contribution is -0.173. The normalized spacial score (nSPS) is 17.8. The van der Waals surface area contributed by atoms with Gasteiger partial charge in [0, 0.05) is 18.1 Å². The van der Waals surface area contributed by atoms with Gasteiger partial charge in [0.25, 0.3) is 6.29 Å². The number of cyclic esters (lactones) is 1. The van der Waals surface area contributed by atoms with Crippen LogP contribution in [0.25, 0.3) is 0 Å². The Bertz CT molecular complexity index is 346. The summed E-state index contributed by atoms with van der Waals surface area (Å²) in [6, 6.07) is 0. The number of carbonyl (C=O) groups is 2. The fourth-order valence-corrected chi connectivity index (χ4v) is 2.15. The van der Waals surface area contributed by atoms with Gasteiger partial charge in [-0.2, -0.15) is 0 Å². The first kappa shape index (κ1) is 16.7. The molecule has 0 spiro atoms. The summed E-state index contributed by atoms with van der Waals surface area (Å²) in [5.41, 5.74) is 0.495. The van der Waals surface area contributed by atoms with Crippen molar-refractivity contribution in [3.8, 4) is 0 Å². The molecule has 1 aliphatic heterocycles. The van der Waals surface area contributed by atoms with E-state index in [9.17, 15) is 9.59 Å². The van der Waals surface area contributed by atoms with Crippen LogP contribution in [0.2, 0.25) is 0 Å². The lowest BCUT2D eigenvalue weighted by atomic mass is 10.1. The molecule has 114 valence electrons. The fraction of sp³-hybridized carbons (Fsp3) is 0.750. The maximum atomic E-state index is 11.5. The minimum Gasteiger partial charge on any atom is -0.421 e. The van der Waals surface area contributed by atoms with Crippen LogP contribution in [0.5, 0.6) is 0 Å². The van der Waals surface area contributed by atoms with Crippen molar-refractivity contribution in [2.24, 2.45) is 0 Å². The van der Waals surface area contributed by atoms with E-state index in [0.29, 0.717) is 12.0 Å². The van der Waals surface area contributed by atoms with Gasteiger partial charge in [-0.3, -0.25) is 4.79 Å². The quantitative estimate of drug-likeness (QED) is 0.450. The summed E-state index contributed by atoms with van der Waals surface area (Å²) in [5, 5.41) is 0. The van der Waals surface area contributed by atoms with Crippen molar-refractivity contribution < 1.29 is 19.1 Å². The largest absolute Gasteiger partial charge is 0.421 e. The molecule has 1 aliphatic rings. The molecule has 0 aromatic rings. The molecule has 1 rings (SSSR count). The van der Waals surface area contributed by atoms with Gasteiger partial charge in [0.1, 0.15) is 0 Å². The molecule has 4 heteroatoms. The summed E-state index contributed by atoms with van der Waals surface area (Å²) >= 11 is 0. The Morgan fingerprint density at radius 1 is 1.15 bits per heavy atom. The van der Waals surface area contributed by atoms with Crippen molar-refractivity contribution in [2.75, 3.05) is 0 Å². The predicted octanol–water partition coefficient (Wildman–Crippen LogP) is 3.89. The van der Waals surface area contributed by atoms with Crippen molar-refractivity contribution in [1.29, 1.82) is 0 Å². The Morgan fingerprint density at radius 3 is 2.30 bits per heavy atom. The van der Waals surface area contributed by atoms with Crippen LogP contribution in [0, 0.1) is 0 Å². The number of esters is 2. The van der Waals surface area contributed by atoms with Gasteiger partial charge in [-0.15, -0.1) is 0 Å². The number of hydrogen-bond donors (Lipinski definition) is 0. The van der Waals surface area contributed by atoms with E-state index in [1.807, 2.05) is 0 Å². The van der Waals surface area contributed by atoms with Gasteiger partial charge in [-0.05, 0) is 13.3 Å². The third-order valence-electron chi connectivity index (χ3n) is 3.41. The topological polar surface area (TPSA) is 52.6 Å². The smallest absolute Gasteiger partial charge is 0.337 e. The average Bonchev–Trinajstić information content (AvgIpc) is 2.71. The number of carbonyl (C=O) groups excluding carboxylic acids is 2. The van der Waals surface area contributed by atoms with E-state index >= 15 is 0 Å². The van der Waals surface area contributed by atoms with Crippen LogP contribution in [0.15, 0.2) is 11.6 Å². The van der Waals surface area contributed by atoms with Gasteiger partial charge < -0.3 is 9.47 Å². The molecule has 4 nitrogen and oxygen atoms in total. The zero-order valence-electron chi connectivity index (χ0n) is 12.7. The fourth-order valence-electron chi connectivity index (χ4n) is 2.15. The molecule has 0 unspecified atom stereocenters. The molecule has 0 bridgehead atoms. The highest BCUT2D eigenvalue weighted by Crippen LogP contribution is 2.15. The van der Waals surface area contributed by atoms with E-state index in [4.69, 9.17) is 9.47 Å². The van der Waals surface area contributed by atoms with Crippen molar-refractivity contribution in [3.63, 3.8) is 0 Å². The third-order valence-corrected chi connectivity index (χ3v) is 3.41.